The molecule has 2 aliphatic rings. The number of nitrogens with zero attached hydrogens (tertiary/aromatic N) is 4. The lowest BCUT2D eigenvalue weighted by Gasteiger charge is -2.27. The highest BCUT2D eigenvalue weighted by Gasteiger charge is 2.41. The van der Waals surface area contributed by atoms with Crippen LogP contribution < -0.4 is 16.4 Å². The van der Waals surface area contributed by atoms with E-state index in [1.165, 1.54) is 0 Å². The molecule has 4 aromatic rings. The number of nitrogens with two attached hydrogens (primary N) is 1. The molecule has 4 heterocycles. The number of amides is 2. The number of likely N-dealkylation sites (tertiary alicyclic amines) is 1. The standard InChI is InChI=1S/C39H48ClN7O4S/c1-25(37-45-35(51-46-37)20-27-8-4-3-5-9-27)32(10-6-7-17-41)43-38(49)34-21-31(50-24-28-11-13-30(40)14-12-28)23-47(34)36(48)22-33-26(2)52-39(44-33)29-15-18-42-19-16-29/h3-5,8-9,11-14,29,31-32,34,42H,1,6-7,10,15-24,41H2,2H3,(H,43,49)/t31-,32+,34+/m1/s1. The number of nitrogens with one attached hydrogen (secondary N) is 2. The number of rotatable bonds is 16. The monoisotopic (exact) mass is 745 g/mol. The first-order valence-electron chi connectivity index (χ1n) is 18.2. The molecule has 11 nitrogen and oxygen atoms in total. The van der Waals surface area contributed by atoms with Gasteiger partial charge in [0.15, 0.2) is 5.82 Å². The summed E-state index contributed by atoms with van der Waals surface area (Å²) in [6, 6.07) is 16.1. The van der Waals surface area contributed by atoms with Gasteiger partial charge < -0.3 is 30.5 Å². The fourth-order valence-electron chi connectivity index (χ4n) is 6.82. The Morgan fingerprint density at radius 1 is 1.12 bits per heavy atom. The van der Waals surface area contributed by atoms with Crippen LogP contribution in [0.15, 0.2) is 65.7 Å². The predicted molar refractivity (Wildman–Crippen MR) is 203 cm³/mol. The third kappa shape index (κ3) is 9.93. The Labute approximate surface area is 314 Å². The number of piperidine rings is 1. The van der Waals surface area contributed by atoms with E-state index in [1.54, 1.807) is 16.2 Å². The molecule has 2 aliphatic heterocycles. The van der Waals surface area contributed by atoms with Gasteiger partial charge in [-0.05, 0) is 81.9 Å². The summed E-state index contributed by atoms with van der Waals surface area (Å²) in [5.74, 6) is 0.788. The van der Waals surface area contributed by atoms with Crippen molar-refractivity contribution in [2.75, 3.05) is 26.2 Å². The zero-order valence-corrected chi connectivity index (χ0v) is 31.3. The molecule has 2 fully saturated rings. The van der Waals surface area contributed by atoms with Gasteiger partial charge in [-0.15, -0.1) is 11.3 Å². The zero-order chi connectivity index (χ0) is 36.5. The molecule has 6 rings (SSSR count). The summed E-state index contributed by atoms with van der Waals surface area (Å²) >= 11 is 7.76. The smallest absolute Gasteiger partial charge is 0.243 e. The molecule has 2 aromatic carbocycles. The summed E-state index contributed by atoms with van der Waals surface area (Å²) in [5.41, 5.74) is 9.15. The summed E-state index contributed by atoms with van der Waals surface area (Å²) < 4.78 is 11.9. The maximum absolute atomic E-state index is 14.2. The van der Waals surface area contributed by atoms with Crippen LogP contribution in [-0.2, 0) is 33.8 Å². The van der Waals surface area contributed by atoms with E-state index in [1.807, 2.05) is 61.5 Å². The van der Waals surface area contributed by atoms with Crippen molar-refractivity contribution in [3.05, 3.63) is 105 Å². The molecule has 0 bridgehead atoms. The van der Waals surface area contributed by atoms with E-state index >= 15 is 0 Å². The fraction of sp³-hybridized carbons (Fsp3) is 0.462. The lowest BCUT2D eigenvalue weighted by atomic mass is 9.99. The molecule has 2 aromatic heterocycles. The first-order valence-corrected chi connectivity index (χ1v) is 19.3. The number of benzene rings is 2. The molecule has 0 aliphatic carbocycles. The number of halogens is 1. The van der Waals surface area contributed by atoms with E-state index in [4.69, 9.17) is 31.6 Å². The Hall–Kier alpha value is -3.94. The summed E-state index contributed by atoms with van der Waals surface area (Å²) in [6.45, 7) is 9.43. The van der Waals surface area contributed by atoms with Crippen LogP contribution in [0.25, 0.3) is 5.57 Å². The molecule has 0 radical (unpaired) electrons. The maximum Gasteiger partial charge on any atom is 0.243 e. The number of carbonyl (C=O) groups is 2. The maximum atomic E-state index is 14.2. The van der Waals surface area contributed by atoms with Crippen molar-refractivity contribution in [3.63, 3.8) is 0 Å². The van der Waals surface area contributed by atoms with E-state index in [2.05, 4.69) is 27.4 Å². The second-order valence-corrected chi connectivity index (χ2v) is 15.3. The Morgan fingerprint density at radius 2 is 1.88 bits per heavy atom. The summed E-state index contributed by atoms with van der Waals surface area (Å²) in [7, 11) is 0. The number of hydrogen-bond donors (Lipinski definition) is 3. The van der Waals surface area contributed by atoms with Gasteiger partial charge in [-0.3, -0.25) is 9.59 Å². The van der Waals surface area contributed by atoms with Gasteiger partial charge in [-0.2, -0.15) is 4.98 Å². The largest absolute Gasteiger partial charge is 0.372 e. The molecule has 3 atom stereocenters. The molecule has 0 saturated carbocycles. The summed E-state index contributed by atoms with van der Waals surface area (Å²) in [5, 5.41) is 12.6. The first-order chi connectivity index (χ1) is 25.3. The number of carbonyl (C=O) groups excluding carboxylic acids is 2. The summed E-state index contributed by atoms with van der Waals surface area (Å²) in [4.78, 5) is 40.6. The molecule has 2 amide bonds. The Morgan fingerprint density at radius 3 is 2.63 bits per heavy atom. The quantitative estimate of drug-likeness (QED) is 0.125. The second-order valence-electron chi connectivity index (χ2n) is 13.7. The van der Waals surface area contributed by atoms with Crippen molar-refractivity contribution in [3.8, 4) is 0 Å². The Bertz CT molecular complexity index is 1790. The van der Waals surface area contributed by atoms with Gasteiger partial charge in [0.1, 0.15) is 6.04 Å². The molecule has 52 heavy (non-hydrogen) atoms. The van der Waals surface area contributed by atoms with E-state index in [-0.39, 0.29) is 24.3 Å². The van der Waals surface area contributed by atoms with E-state index in [0.717, 1.165) is 65.5 Å². The highest BCUT2D eigenvalue weighted by atomic mass is 35.5. The minimum absolute atomic E-state index is 0.126. The number of ether oxygens (including phenoxy) is 1. The van der Waals surface area contributed by atoms with Crippen molar-refractivity contribution >= 4 is 40.3 Å². The lowest BCUT2D eigenvalue weighted by molar-refractivity contribution is -0.138. The number of unbranched alkanes of at least 4 members (excludes halogenated alkanes) is 1. The number of aromatic nitrogens is 3. The van der Waals surface area contributed by atoms with Crippen LogP contribution in [0, 0.1) is 6.92 Å². The SMILES string of the molecule is C=C(c1noc(Cc2ccccc2)n1)[C@H](CCCCN)NC(=O)[C@@H]1C[C@@H](OCc2ccc(Cl)cc2)CN1C(=O)Cc1nc(C2CCNCC2)sc1C. The van der Waals surface area contributed by atoms with Gasteiger partial charge in [0.25, 0.3) is 0 Å². The molecule has 0 spiro atoms. The van der Waals surface area contributed by atoms with Crippen LogP contribution in [0.5, 0.6) is 0 Å². The van der Waals surface area contributed by atoms with Crippen LogP contribution in [0.4, 0.5) is 0 Å². The number of aryl methyl sites for hydroxylation is 1. The number of thiazole rings is 1. The van der Waals surface area contributed by atoms with Crippen molar-refractivity contribution in [2.24, 2.45) is 5.73 Å². The van der Waals surface area contributed by atoms with Crippen LogP contribution in [-0.4, -0.2) is 76.2 Å². The van der Waals surface area contributed by atoms with Crippen LogP contribution in [0.1, 0.15) is 82.9 Å². The average Bonchev–Trinajstić information content (AvgIpc) is 3.90. The van der Waals surface area contributed by atoms with Gasteiger partial charge in [-0.1, -0.05) is 65.8 Å². The minimum atomic E-state index is -0.741. The molecule has 276 valence electrons. The molecule has 13 heteroatoms. The van der Waals surface area contributed by atoms with Crippen molar-refractivity contribution in [2.45, 2.75) is 89.0 Å². The van der Waals surface area contributed by atoms with Crippen molar-refractivity contribution in [1.29, 1.82) is 0 Å². The third-order valence-electron chi connectivity index (χ3n) is 9.84. The van der Waals surface area contributed by atoms with E-state index < -0.39 is 12.1 Å². The normalized spacial score (nSPS) is 18.4. The van der Waals surface area contributed by atoms with Crippen molar-refractivity contribution < 1.29 is 18.8 Å². The summed E-state index contributed by atoms with van der Waals surface area (Å²) in [6.07, 6.45) is 4.83. The Balaban J connectivity index is 1.18. The topological polar surface area (TPSA) is 148 Å². The zero-order valence-electron chi connectivity index (χ0n) is 29.7. The third-order valence-corrected chi connectivity index (χ3v) is 11.3. The second kappa shape index (κ2) is 18.2. The van der Waals surface area contributed by atoms with E-state index in [9.17, 15) is 9.59 Å². The minimum Gasteiger partial charge on any atom is -0.372 e. The van der Waals surface area contributed by atoms with Crippen LogP contribution in [0.3, 0.4) is 0 Å². The van der Waals surface area contributed by atoms with Gasteiger partial charge >= 0.3 is 0 Å². The molecule has 2 saturated heterocycles. The van der Waals surface area contributed by atoms with Crippen LogP contribution >= 0.6 is 22.9 Å². The van der Waals surface area contributed by atoms with Crippen LogP contribution in [0.2, 0.25) is 5.02 Å². The first kappa shape index (κ1) is 37.8. The Kier molecular flexibility index (Phi) is 13.2. The van der Waals surface area contributed by atoms with Gasteiger partial charge in [0, 0.05) is 34.4 Å². The van der Waals surface area contributed by atoms with Gasteiger partial charge in [0.2, 0.25) is 17.7 Å². The molecule has 4 N–H and O–H groups in total. The number of hydrogen-bond acceptors (Lipinski definition) is 10. The molecular formula is C39H48ClN7O4S. The van der Waals surface area contributed by atoms with E-state index in [0.29, 0.717) is 67.2 Å². The lowest BCUT2D eigenvalue weighted by Crippen LogP contribution is -2.49. The fourth-order valence-corrected chi connectivity index (χ4v) is 8.05. The molecular weight excluding hydrogens is 698 g/mol. The highest BCUT2D eigenvalue weighted by molar-refractivity contribution is 7.11. The van der Waals surface area contributed by atoms with Gasteiger partial charge in [0.05, 0.1) is 42.3 Å². The van der Waals surface area contributed by atoms with Crippen molar-refractivity contribution in [1.82, 2.24) is 30.7 Å². The molecule has 0 unspecified atom stereocenters. The van der Waals surface area contributed by atoms with Gasteiger partial charge in [-0.25, -0.2) is 4.98 Å². The average molecular weight is 746 g/mol. The highest BCUT2D eigenvalue weighted by Crippen LogP contribution is 2.32. The predicted octanol–water partition coefficient (Wildman–Crippen LogP) is 5.60.